The Morgan fingerprint density at radius 2 is 1.76 bits per heavy atom. The molecule has 34 heavy (non-hydrogen) atoms. The Labute approximate surface area is 201 Å². The number of ether oxygens (including phenoxy) is 3. The van der Waals surface area contributed by atoms with Crippen molar-refractivity contribution in [2.24, 2.45) is 0 Å². The number of morpholine rings is 1. The molecule has 0 aliphatic carbocycles. The number of carbonyl (C=O) groups excluding carboxylic acids is 2. The predicted molar refractivity (Wildman–Crippen MR) is 128 cm³/mol. The van der Waals surface area contributed by atoms with Crippen molar-refractivity contribution in [2.75, 3.05) is 66.2 Å². The van der Waals surface area contributed by atoms with Crippen molar-refractivity contribution in [3.8, 4) is 11.5 Å². The molecule has 8 heteroatoms. The molecule has 0 radical (unpaired) electrons. The third-order valence-electron chi connectivity index (χ3n) is 6.45. The van der Waals surface area contributed by atoms with Crippen molar-refractivity contribution in [1.82, 2.24) is 14.7 Å². The lowest BCUT2D eigenvalue weighted by atomic mass is 10.0. The van der Waals surface area contributed by atoms with Gasteiger partial charge in [0.1, 0.15) is 18.1 Å². The predicted octanol–water partition coefficient (Wildman–Crippen LogP) is 2.45. The minimum Gasteiger partial charge on any atom is -0.497 e. The molecule has 1 atom stereocenters. The van der Waals surface area contributed by atoms with Gasteiger partial charge in [0.25, 0.3) is 5.91 Å². The summed E-state index contributed by atoms with van der Waals surface area (Å²) in [5, 5.41) is 0. The highest BCUT2D eigenvalue weighted by atomic mass is 16.5. The average Bonchev–Trinajstić information content (AvgIpc) is 2.89. The third kappa shape index (κ3) is 5.87. The van der Waals surface area contributed by atoms with E-state index in [9.17, 15) is 9.59 Å². The van der Waals surface area contributed by atoms with Crippen LogP contribution in [0.1, 0.15) is 28.9 Å². The van der Waals surface area contributed by atoms with Crippen LogP contribution in [0.4, 0.5) is 0 Å². The highest BCUT2D eigenvalue weighted by Crippen LogP contribution is 2.29. The van der Waals surface area contributed by atoms with E-state index in [0.29, 0.717) is 37.6 Å². The fourth-order valence-corrected chi connectivity index (χ4v) is 4.43. The van der Waals surface area contributed by atoms with Crippen molar-refractivity contribution in [3.63, 3.8) is 0 Å². The van der Waals surface area contributed by atoms with Crippen molar-refractivity contribution >= 4 is 11.8 Å². The maximum atomic E-state index is 13.6. The fourth-order valence-electron chi connectivity index (χ4n) is 4.43. The highest BCUT2D eigenvalue weighted by molar-refractivity contribution is 5.95. The third-order valence-corrected chi connectivity index (χ3v) is 6.45. The molecule has 4 rings (SSSR count). The molecule has 2 aromatic rings. The molecule has 2 amide bonds. The van der Waals surface area contributed by atoms with Gasteiger partial charge in [0, 0.05) is 51.8 Å². The molecule has 2 saturated heterocycles. The molecule has 0 bridgehead atoms. The molecule has 8 nitrogen and oxygen atoms in total. The van der Waals surface area contributed by atoms with E-state index in [1.165, 1.54) is 0 Å². The van der Waals surface area contributed by atoms with Crippen molar-refractivity contribution in [1.29, 1.82) is 0 Å². The Morgan fingerprint density at radius 3 is 2.47 bits per heavy atom. The molecular weight excluding hydrogens is 434 g/mol. The summed E-state index contributed by atoms with van der Waals surface area (Å²) in [5.41, 5.74) is 1.55. The van der Waals surface area contributed by atoms with Gasteiger partial charge in [-0.15, -0.1) is 0 Å². The quantitative estimate of drug-likeness (QED) is 0.623. The van der Waals surface area contributed by atoms with Gasteiger partial charge in [-0.25, -0.2) is 0 Å². The number of rotatable bonds is 7. The standard InChI is InChI=1S/C26H33N3O5/c1-20(30)28-10-11-29(25(19-28)21-6-8-23(32-2)9-7-21)26(31)22-4-3-5-24(18-22)34-17-14-27-12-15-33-16-13-27/h3-9,18,25H,10-17,19H2,1-2H3. The maximum absolute atomic E-state index is 13.6. The summed E-state index contributed by atoms with van der Waals surface area (Å²) in [7, 11) is 1.62. The van der Waals surface area contributed by atoms with Gasteiger partial charge < -0.3 is 24.0 Å². The van der Waals surface area contributed by atoms with Crippen LogP contribution in [0.2, 0.25) is 0 Å². The Balaban J connectivity index is 1.46. The number of benzene rings is 2. The summed E-state index contributed by atoms with van der Waals surface area (Å²) in [6, 6.07) is 14.8. The highest BCUT2D eigenvalue weighted by Gasteiger charge is 2.33. The van der Waals surface area contributed by atoms with Crippen LogP contribution in [0.15, 0.2) is 48.5 Å². The van der Waals surface area contributed by atoms with Gasteiger partial charge >= 0.3 is 0 Å². The summed E-state index contributed by atoms with van der Waals surface area (Å²) in [4.78, 5) is 31.6. The average molecular weight is 468 g/mol. The normalized spacial score (nSPS) is 19.1. The minimum absolute atomic E-state index is 0.0151. The lowest BCUT2D eigenvalue weighted by molar-refractivity contribution is -0.131. The van der Waals surface area contributed by atoms with Crippen LogP contribution in [-0.2, 0) is 9.53 Å². The first-order valence-electron chi connectivity index (χ1n) is 11.8. The summed E-state index contributed by atoms with van der Waals surface area (Å²) < 4.78 is 16.6. The van der Waals surface area contributed by atoms with Gasteiger partial charge in [0.2, 0.25) is 5.91 Å². The second kappa shape index (κ2) is 11.4. The van der Waals surface area contributed by atoms with Gasteiger partial charge in [-0.1, -0.05) is 18.2 Å². The fraction of sp³-hybridized carbons (Fsp3) is 0.462. The first-order chi connectivity index (χ1) is 16.5. The Bertz CT molecular complexity index is 975. The van der Waals surface area contributed by atoms with E-state index in [1.54, 1.807) is 18.9 Å². The van der Waals surface area contributed by atoms with Crippen LogP contribution in [0, 0.1) is 0 Å². The van der Waals surface area contributed by atoms with E-state index >= 15 is 0 Å². The van der Waals surface area contributed by atoms with Gasteiger partial charge in [-0.05, 0) is 35.9 Å². The molecule has 2 heterocycles. The molecule has 0 spiro atoms. The molecular formula is C26H33N3O5. The van der Waals surface area contributed by atoms with Crippen LogP contribution < -0.4 is 9.47 Å². The van der Waals surface area contributed by atoms with E-state index < -0.39 is 0 Å². The molecule has 0 N–H and O–H groups in total. The number of amides is 2. The van der Waals surface area contributed by atoms with Crippen molar-refractivity contribution in [2.45, 2.75) is 13.0 Å². The number of hydrogen-bond acceptors (Lipinski definition) is 6. The van der Waals surface area contributed by atoms with Gasteiger partial charge in [-0.2, -0.15) is 0 Å². The topological polar surface area (TPSA) is 71.5 Å². The van der Waals surface area contributed by atoms with E-state index in [1.807, 2.05) is 53.4 Å². The number of piperazine rings is 1. The molecule has 0 aromatic heterocycles. The summed E-state index contributed by atoms with van der Waals surface area (Å²) >= 11 is 0. The van der Waals surface area contributed by atoms with E-state index in [4.69, 9.17) is 14.2 Å². The van der Waals surface area contributed by atoms with Crippen molar-refractivity contribution < 1.29 is 23.8 Å². The summed E-state index contributed by atoms with van der Waals surface area (Å²) in [5.74, 6) is 1.38. The maximum Gasteiger partial charge on any atom is 0.254 e. The lowest BCUT2D eigenvalue weighted by Crippen LogP contribution is -2.51. The molecule has 2 aliphatic heterocycles. The molecule has 0 saturated carbocycles. The van der Waals surface area contributed by atoms with Crippen LogP contribution in [0.5, 0.6) is 11.5 Å². The molecule has 1 unspecified atom stereocenters. The second-order valence-corrected chi connectivity index (χ2v) is 8.58. The number of methoxy groups -OCH3 is 1. The number of carbonyl (C=O) groups is 2. The van der Waals surface area contributed by atoms with Crippen molar-refractivity contribution in [3.05, 3.63) is 59.7 Å². The summed E-state index contributed by atoms with van der Waals surface area (Å²) in [6.45, 7) is 7.76. The van der Waals surface area contributed by atoms with Crippen LogP contribution in [0.3, 0.4) is 0 Å². The van der Waals surface area contributed by atoms with Crippen LogP contribution >= 0.6 is 0 Å². The molecule has 2 fully saturated rings. The van der Waals surface area contributed by atoms with Gasteiger partial charge in [-0.3, -0.25) is 14.5 Å². The monoisotopic (exact) mass is 467 g/mol. The van der Waals surface area contributed by atoms with Crippen LogP contribution in [-0.4, -0.2) is 92.7 Å². The molecule has 2 aromatic carbocycles. The number of hydrogen-bond donors (Lipinski definition) is 0. The van der Waals surface area contributed by atoms with E-state index in [0.717, 1.165) is 44.2 Å². The summed E-state index contributed by atoms with van der Waals surface area (Å²) in [6.07, 6.45) is 0. The largest absolute Gasteiger partial charge is 0.497 e. The molecule has 182 valence electrons. The Morgan fingerprint density at radius 1 is 1.00 bits per heavy atom. The van der Waals surface area contributed by atoms with E-state index in [-0.39, 0.29) is 17.9 Å². The van der Waals surface area contributed by atoms with Gasteiger partial charge in [0.15, 0.2) is 0 Å². The smallest absolute Gasteiger partial charge is 0.254 e. The Hall–Kier alpha value is -3.10. The van der Waals surface area contributed by atoms with Gasteiger partial charge in [0.05, 0.1) is 26.4 Å². The second-order valence-electron chi connectivity index (χ2n) is 8.58. The van der Waals surface area contributed by atoms with Crippen LogP contribution in [0.25, 0.3) is 0 Å². The minimum atomic E-state index is -0.234. The first-order valence-corrected chi connectivity index (χ1v) is 11.8. The zero-order valence-electron chi connectivity index (χ0n) is 19.9. The SMILES string of the molecule is COc1ccc(C2CN(C(C)=O)CCN2C(=O)c2cccc(OCCN3CCOCC3)c2)cc1. The van der Waals surface area contributed by atoms with E-state index in [2.05, 4.69) is 4.90 Å². The zero-order valence-corrected chi connectivity index (χ0v) is 19.9. The Kier molecular flexibility index (Phi) is 8.03. The zero-order chi connectivity index (χ0) is 23.9. The number of nitrogens with zero attached hydrogens (tertiary/aromatic N) is 3. The lowest BCUT2D eigenvalue weighted by Gasteiger charge is -2.41. The molecule has 2 aliphatic rings. The first kappa shape index (κ1) is 24.0.